The number of carbonyl (C=O) groups is 3. The van der Waals surface area contributed by atoms with Gasteiger partial charge >= 0.3 is 17.9 Å². The first-order valence-electron chi connectivity index (χ1n) is 10.8. The maximum absolute atomic E-state index is 16.0. The van der Waals surface area contributed by atoms with Gasteiger partial charge in [-0.3, -0.25) is 4.79 Å². The number of anilines is 1. The van der Waals surface area contributed by atoms with E-state index in [1.807, 2.05) is 0 Å². The van der Waals surface area contributed by atoms with Crippen LogP contribution in [0.4, 0.5) is 23.2 Å². The Morgan fingerprint density at radius 3 is 2.34 bits per heavy atom. The zero-order valence-electron chi connectivity index (χ0n) is 19.0. The predicted molar refractivity (Wildman–Crippen MR) is 123 cm³/mol. The smallest absolute Gasteiger partial charge is 0.352 e. The first-order valence-corrected chi connectivity index (χ1v) is 10.8. The van der Waals surface area contributed by atoms with Crippen molar-refractivity contribution in [3.8, 4) is 5.69 Å². The van der Waals surface area contributed by atoms with Crippen molar-refractivity contribution in [3.05, 3.63) is 81.3 Å². The number of pyridine rings is 1. The van der Waals surface area contributed by atoms with Gasteiger partial charge in [0, 0.05) is 31.4 Å². The van der Waals surface area contributed by atoms with E-state index in [1.165, 1.54) is 4.90 Å². The molecular weight excluding hydrogens is 518 g/mol. The standard InChI is InChI=1S/C24H17F4N3O7/c25-10-1-2-17(14(26)5-10)31-9-13(23(35)36)22(34)12-6-15(27)21(19(28)20(12)31)30-4-3-11(8-30)29-16(24(37)38)7-18(32)33/h1-2,5-7,9,11,29H,3-4,8H2,(H,32,33)(H,35,36)(H,37,38). The highest BCUT2D eigenvalue weighted by Gasteiger charge is 2.31. The lowest BCUT2D eigenvalue weighted by Crippen LogP contribution is -2.35. The summed E-state index contributed by atoms with van der Waals surface area (Å²) >= 11 is 0. The normalized spacial score (nSPS) is 15.6. The number of aromatic nitrogens is 1. The highest BCUT2D eigenvalue weighted by Crippen LogP contribution is 2.34. The second-order valence-electron chi connectivity index (χ2n) is 8.34. The Morgan fingerprint density at radius 2 is 1.74 bits per heavy atom. The largest absolute Gasteiger partial charge is 0.478 e. The van der Waals surface area contributed by atoms with Gasteiger partial charge in [0.05, 0.1) is 22.7 Å². The number of hydrogen-bond acceptors (Lipinski definition) is 6. The second kappa shape index (κ2) is 9.88. The van der Waals surface area contributed by atoms with Crippen molar-refractivity contribution in [3.63, 3.8) is 0 Å². The van der Waals surface area contributed by atoms with Crippen molar-refractivity contribution in [2.45, 2.75) is 12.5 Å². The van der Waals surface area contributed by atoms with Crippen molar-refractivity contribution in [1.29, 1.82) is 0 Å². The van der Waals surface area contributed by atoms with Crippen molar-refractivity contribution in [2.24, 2.45) is 0 Å². The fourth-order valence-electron chi connectivity index (χ4n) is 4.30. The molecule has 0 radical (unpaired) electrons. The van der Waals surface area contributed by atoms with E-state index in [1.54, 1.807) is 0 Å². The molecule has 1 aromatic heterocycles. The van der Waals surface area contributed by atoms with Gasteiger partial charge in [0.1, 0.15) is 34.4 Å². The summed E-state index contributed by atoms with van der Waals surface area (Å²) < 4.78 is 60.0. The molecule has 1 aliphatic heterocycles. The highest BCUT2D eigenvalue weighted by molar-refractivity contribution is 5.95. The van der Waals surface area contributed by atoms with Gasteiger partial charge in [-0.1, -0.05) is 0 Å². The molecule has 0 amide bonds. The number of halogens is 4. The van der Waals surface area contributed by atoms with Crippen molar-refractivity contribution in [2.75, 3.05) is 18.0 Å². The molecule has 0 spiro atoms. The Kier molecular flexibility index (Phi) is 6.81. The number of benzene rings is 2. The predicted octanol–water partition coefficient (Wildman–Crippen LogP) is 2.47. The number of aromatic carboxylic acids is 1. The van der Waals surface area contributed by atoms with E-state index < -0.39 is 86.2 Å². The molecule has 1 unspecified atom stereocenters. The molecule has 4 N–H and O–H groups in total. The van der Waals surface area contributed by atoms with Crippen LogP contribution in [0.25, 0.3) is 16.6 Å². The van der Waals surface area contributed by atoms with Crippen LogP contribution < -0.4 is 15.6 Å². The minimum atomic E-state index is -1.74. The number of nitrogens with zero attached hydrogens (tertiary/aromatic N) is 2. The zero-order chi connectivity index (χ0) is 27.9. The van der Waals surface area contributed by atoms with Crippen LogP contribution in [-0.4, -0.2) is 56.9 Å². The summed E-state index contributed by atoms with van der Waals surface area (Å²) in [5.41, 5.74) is -4.65. The lowest BCUT2D eigenvalue weighted by atomic mass is 10.1. The van der Waals surface area contributed by atoms with Crippen molar-refractivity contribution in [1.82, 2.24) is 9.88 Å². The Hall–Kier alpha value is -4.88. The maximum atomic E-state index is 16.0. The summed E-state index contributed by atoms with van der Waals surface area (Å²) in [7, 11) is 0. The first kappa shape index (κ1) is 26.2. The molecule has 1 saturated heterocycles. The van der Waals surface area contributed by atoms with Gasteiger partial charge in [-0.25, -0.2) is 31.9 Å². The molecule has 10 nitrogen and oxygen atoms in total. The fraction of sp³-hybridized carbons (Fsp3) is 0.167. The zero-order valence-corrected chi connectivity index (χ0v) is 19.0. The lowest BCUT2D eigenvalue weighted by molar-refractivity contribution is -0.135. The molecule has 14 heteroatoms. The van der Waals surface area contributed by atoms with Crippen LogP contribution in [0.3, 0.4) is 0 Å². The van der Waals surface area contributed by atoms with Crippen molar-refractivity contribution >= 4 is 34.5 Å². The number of rotatable bonds is 7. The molecule has 38 heavy (non-hydrogen) atoms. The minimum Gasteiger partial charge on any atom is -0.478 e. The minimum absolute atomic E-state index is 0.0284. The molecule has 1 aliphatic rings. The summed E-state index contributed by atoms with van der Waals surface area (Å²) in [5.74, 6) is -9.62. The average molecular weight is 535 g/mol. The topological polar surface area (TPSA) is 149 Å². The highest BCUT2D eigenvalue weighted by atomic mass is 19.1. The lowest BCUT2D eigenvalue weighted by Gasteiger charge is -2.23. The number of carboxylic acids is 3. The Labute approximate surface area is 209 Å². The first-order chi connectivity index (χ1) is 17.9. The fourth-order valence-corrected chi connectivity index (χ4v) is 4.30. The van der Waals surface area contributed by atoms with Crippen LogP contribution in [0.5, 0.6) is 0 Å². The second-order valence-corrected chi connectivity index (χ2v) is 8.34. The SMILES string of the molecule is O=C(O)C=C(NC1CCN(c2c(F)cc3c(=O)c(C(=O)O)cn(-c4ccc(F)cc4F)c3c2F)C1)C(=O)O. The third kappa shape index (κ3) is 4.75. The van der Waals surface area contributed by atoms with E-state index in [-0.39, 0.29) is 19.5 Å². The summed E-state index contributed by atoms with van der Waals surface area (Å²) in [6.45, 7) is -0.217. The van der Waals surface area contributed by atoms with E-state index >= 15 is 8.78 Å². The van der Waals surface area contributed by atoms with Crippen LogP contribution >= 0.6 is 0 Å². The summed E-state index contributed by atoms with van der Waals surface area (Å²) in [6.07, 6.45) is 1.22. The maximum Gasteiger partial charge on any atom is 0.352 e. The Bertz CT molecular complexity index is 1600. The molecule has 1 fully saturated rings. The van der Waals surface area contributed by atoms with E-state index in [0.717, 1.165) is 12.1 Å². The molecular formula is C24H17F4N3O7. The van der Waals surface area contributed by atoms with E-state index in [4.69, 9.17) is 5.11 Å². The van der Waals surface area contributed by atoms with Crippen LogP contribution in [0.1, 0.15) is 16.8 Å². The monoisotopic (exact) mass is 535 g/mol. The van der Waals surface area contributed by atoms with E-state index in [0.29, 0.717) is 29.0 Å². The van der Waals surface area contributed by atoms with Gasteiger partial charge in [0.15, 0.2) is 5.82 Å². The molecule has 4 rings (SSSR count). The number of hydrogen-bond donors (Lipinski definition) is 4. The van der Waals surface area contributed by atoms with Gasteiger partial charge < -0.3 is 30.1 Å². The van der Waals surface area contributed by atoms with Crippen LogP contribution in [0, 0.1) is 23.3 Å². The molecule has 198 valence electrons. The van der Waals surface area contributed by atoms with E-state index in [9.17, 15) is 38.2 Å². The summed E-state index contributed by atoms with van der Waals surface area (Å²) in [4.78, 5) is 47.7. The molecule has 2 heterocycles. The van der Waals surface area contributed by atoms with Crippen LogP contribution in [0.15, 0.2) is 47.0 Å². The third-order valence-corrected chi connectivity index (χ3v) is 5.92. The Balaban J connectivity index is 1.86. The summed E-state index contributed by atoms with van der Waals surface area (Å²) in [5, 5.41) is 29.2. The third-order valence-electron chi connectivity index (χ3n) is 5.92. The van der Waals surface area contributed by atoms with Gasteiger partial charge in [-0.15, -0.1) is 0 Å². The van der Waals surface area contributed by atoms with Gasteiger partial charge in [0.2, 0.25) is 5.43 Å². The molecule has 1 atom stereocenters. The number of aliphatic carboxylic acids is 2. The molecule has 0 aliphatic carbocycles. The summed E-state index contributed by atoms with van der Waals surface area (Å²) in [6, 6.07) is 2.04. The van der Waals surface area contributed by atoms with E-state index in [2.05, 4.69) is 5.32 Å². The van der Waals surface area contributed by atoms with Gasteiger partial charge in [-0.05, 0) is 24.6 Å². The molecule has 2 aromatic carbocycles. The van der Waals surface area contributed by atoms with Crippen molar-refractivity contribution < 1.29 is 47.3 Å². The molecule has 0 saturated carbocycles. The molecule has 0 bridgehead atoms. The Morgan fingerprint density at radius 1 is 1.03 bits per heavy atom. The van der Waals surface area contributed by atoms with Crippen LogP contribution in [-0.2, 0) is 9.59 Å². The van der Waals surface area contributed by atoms with Gasteiger partial charge in [0.25, 0.3) is 0 Å². The number of nitrogens with one attached hydrogen (secondary N) is 1. The average Bonchev–Trinajstić information content (AvgIpc) is 3.27. The van der Waals surface area contributed by atoms with Crippen LogP contribution in [0.2, 0.25) is 0 Å². The quantitative estimate of drug-likeness (QED) is 0.264. The van der Waals surface area contributed by atoms with Gasteiger partial charge in [-0.2, -0.15) is 0 Å². The molecule has 3 aromatic rings. The number of carboxylic acid groups (broad SMARTS) is 3. The number of fused-ring (bicyclic) bond motifs is 1.